The van der Waals surface area contributed by atoms with E-state index in [2.05, 4.69) is 20.9 Å². The van der Waals surface area contributed by atoms with E-state index in [0.29, 0.717) is 25.6 Å². The number of carbonyl (C=O) groups excluding carboxylic acids is 2. The molecule has 1 aliphatic heterocycles. The summed E-state index contributed by atoms with van der Waals surface area (Å²) in [5.74, 6) is 0.508. The predicted octanol–water partition coefficient (Wildman–Crippen LogP) is 2.69. The molecule has 0 aliphatic carbocycles. The molecule has 0 aromatic carbocycles. The van der Waals surface area contributed by atoms with Gasteiger partial charge in [-0.1, -0.05) is 0 Å². The smallest absolute Gasteiger partial charge is 0.412 e. The Morgan fingerprint density at radius 2 is 1.74 bits per heavy atom. The van der Waals surface area contributed by atoms with Gasteiger partial charge in [0.15, 0.2) is 5.96 Å². The van der Waals surface area contributed by atoms with Crippen LogP contribution in [0.5, 0.6) is 0 Å². The normalized spacial score (nSPS) is 21.2. The molecule has 1 saturated heterocycles. The van der Waals surface area contributed by atoms with Gasteiger partial charge in [-0.3, -0.25) is 14.7 Å². The second-order valence-electron chi connectivity index (χ2n) is 9.73. The molecule has 1 aliphatic rings. The maximum absolute atomic E-state index is 12.9. The van der Waals surface area contributed by atoms with Crippen LogP contribution in [0.3, 0.4) is 0 Å². The van der Waals surface area contributed by atoms with Crippen LogP contribution in [0.1, 0.15) is 62.3 Å². The summed E-state index contributed by atoms with van der Waals surface area (Å²) in [6, 6.07) is -0.245. The summed E-state index contributed by atoms with van der Waals surface area (Å²) in [5, 5.41) is 9.14. The van der Waals surface area contributed by atoms with Gasteiger partial charge in [0, 0.05) is 20.1 Å². The Labute approximate surface area is 204 Å². The highest BCUT2D eigenvalue weighted by atomic mass is 127. The van der Waals surface area contributed by atoms with Gasteiger partial charge in [-0.05, 0) is 62.3 Å². The first-order valence-corrected chi connectivity index (χ1v) is 10.6. The molecule has 0 spiro atoms. The molecule has 10 heteroatoms. The number of ether oxygens (including phenoxy) is 2. The molecule has 0 aromatic rings. The third kappa shape index (κ3) is 8.63. The zero-order valence-corrected chi connectivity index (χ0v) is 23.0. The Bertz CT molecular complexity index is 646. The Morgan fingerprint density at radius 3 is 2.23 bits per heavy atom. The van der Waals surface area contributed by atoms with Crippen LogP contribution in [0.2, 0.25) is 0 Å². The molecule has 1 fully saturated rings. The minimum atomic E-state index is -0.787. The van der Waals surface area contributed by atoms with E-state index < -0.39 is 22.8 Å². The second kappa shape index (κ2) is 11.5. The molecule has 1 heterocycles. The monoisotopic (exact) mass is 555 g/mol. The zero-order chi connectivity index (χ0) is 23.3. The first-order valence-electron chi connectivity index (χ1n) is 10.6. The molecule has 2 amide bonds. The van der Waals surface area contributed by atoms with Gasteiger partial charge in [-0.2, -0.15) is 0 Å². The SMILES string of the molecule is CCNC(=NCC(C)(C)C(=O)NC)NCC1C(C)OC(C)(C)N1C(=O)OC(C)(C)C.I. The Morgan fingerprint density at radius 1 is 1.16 bits per heavy atom. The van der Waals surface area contributed by atoms with Gasteiger partial charge in [0.2, 0.25) is 5.91 Å². The molecule has 0 aromatic heterocycles. The van der Waals surface area contributed by atoms with Crippen molar-refractivity contribution < 1.29 is 19.1 Å². The van der Waals surface area contributed by atoms with Crippen LogP contribution in [-0.2, 0) is 14.3 Å². The summed E-state index contributed by atoms with van der Waals surface area (Å²) in [6.45, 7) is 18.3. The Balaban J connectivity index is 0.00000900. The van der Waals surface area contributed by atoms with Gasteiger partial charge in [0.1, 0.15) is 11.3 Å². The number of guanidine groups is 1. The highest BCUT2D eigenvalue weighted by Crippen LogP contribution is 2.33. The van der Waals surface area contributed by atoms with Crippen molar-refractivity contribution in [1.29, 1.82) is 0 Å². The predicted molar refractivity (Wildman–Crippen MR) is 134 cm³/mol. The van der Waals surface area contributed by atoms with E-state index in [0.717, 1.165) is 0 Å². The number of amides is 2. The number of hydrogen-bond acceptors (Lipinski definition) is 5. The lowest BCUT2D eigenvalue weighted by atomic mass is 9.93. The van der Waals surface area contributed by atoms with Crippen molar-refractivity contribution >= 4 is 41.9 Å². The number of aliphatic imine (C=N–C) groups is 1. The summed E-state index contributed by atoms with van der Waals surface area (Å²) in [6.07, 6.45) is -0.600. The first kappa shape index (κ1) is 29.7. The highest BCUT2D eigenvalue weighted by Gasteiger charge is 2.49. The number of nitrogens with one attached hydrogen (secondary N) is 3. The van der Waals surface area contributed by atoms with E-state index in [9.17, 15) is 9.59 Å². The fraction of sp³-hybridized carbons (Fsp3) is 0.857. The number of halogens is 1. The van der Waals surface area contributed by atoms with Crippen molar-refractivity contribution in [1.82, 2.24) is 20.9 Å². The third-order valence-corrected chi connectivity index (χ3v) is 4.82. The quantitative estimate of drug-likeness (QED) is 0.265. The van der Waals surface area contributed by atoms with Crippen LogP contribution in [0.25, 0.3) is 0 Å². The van der Waals surface area contributed by atoms with Crippen LogP contribution in [-0.4, -0.2) is 73.0 Å². The minimum absolute atomic E-state index is 0. The molecular weight excluding hydrogens is 513 g/mol. The molecule has 1 rings (SSSR count). The molecule has 0 bridgehead atoms. The molecule has 9 nitrogen and oxygen atoms in total. The van der Waals surface area contributed by atoms with E-state index in [1.807, 2.05) is 62.3 Å². The average Bonchev–Trinajstić information content (AvgIpc) is 2.83. The fourth-order valence-corrected chi connectivity index (χ4v) is 3.35. The maximum atomic E-state index is 12.9. The summed E-state index contributed by atoms with van der Waals surface area (Å²) >= 11 is 0. The third-order valence-electron chi connectivity index (χ3n) is 4.82. The highest BCUT2D eigenvalue weighted by molar-refractivity contribution is 14.0. The molecule has 0 radical (unpaired) electrons. The van der Waals surface area contributed by atoms with E-state index in [1.165, 1.54) is 0 Å². The summed E-state index contributed by atoms with van der Waals surface area (Å²) < 4.78 is 11.6. The maximum Gasteiger partial charge on any atom is 0.412 e. The lowest BCUT2D eigenvalue weighted by Gasteiger charge is -2.35. The van der Waals surface area contributed by atoms with Gasteiger partial charge in [-0.25, -0.2) is 4.79 Å². The number of nitrogens with zero attached hydrogens (tertiary/aromatic N) is 2. The van der Waals surface area contributed by atoms with Gasteiger partial charge in [0.05, 0.1) is 24.1 Å². The Kier molecular flexibility index (Phi) is 11.0. The minimum Gasteiger partial charge on any atom is -0.444 e. The molecule has 2 atom stereocenters. The summed E-state index contributed by atoms with van der Waals surface area (Å²) in [7, 11) is 1.62. The summed E-state index contributed by atoms with van der Waals surface area (Å²) in [5.41, 5.74) is -2.02. The molecule has 3 N–H and O–H groups in total. The fourth-order valence-electron chi connectivity index (χ4n) is 3.35. The lowest BCUT2D eigenvalue weighted by Crippen LogP contribution is -2.54. The van der Waals surface area contributed by atoms with Crippen LogP contribution in [0, 0.1) is 5.41 Å². The van der Waals surface area contributed by atoms with Crippen molar-refractivity contribution in [2.45, 2.75) is 85.8 Å². The molecule has 182 valence electrons. The number of rotatable bonds is 6. The molecule has 31 heavy (non-hydrogen) atoms. The van der Waals surface area contributed by atoms with Gasteiger partial charge in [-0.15, -0.1) is 24.0 Å². The van der Waals surface area contributed by atoms with Crippen LogP contribution >= 0.6 is 24.0 Å². The van der Waals surface area contributed by atoms with E-state index in [1.54, 1.807) is 11.9 Å². The van der Waals surface area contributed by atoms with E-state index in [4.69, 9.17) is 9.47 Å². The van der Waals surface area contributed by atoms with Crippen LogP contribution in [0.4, 0.5) is 4.79 Å². The molecular formula is C21H42IN5O4. The molecule has 2 unspecified atom stereocenters. The van der Waals surface area contributed by atoms with Gasteiger partial charge >= 0.3 is 6.09 Å². The lowest BCUT2D eigenvalue weighted by molar-refractivity contribution is -0.128. The average molecular weight is 556 g/mol. The zero-order valence-electron chi connectivity index (χ0n) is 20.7. The van der Waals surface area contributed by atoms with Gasteiger partial charge < -0.3 is 25.4 Å². The van der Waals surface area contributed by atoms with Crippen molar-refractivity contribution in [3.8, 4) is 0 Å². The number of hydrogen-bond donors (Lipinski definition) is 3. The van der Waals surface area contributed by atoms with Crippen molar-refractivity contribution in [2.24, 2.45) is 10.4 Å². The second-order valence-corrected chi connectivity index (χ2v) is 9.73. The standard InChI is InChI=1S/C21H41N5O4.HI/c1-11-23-17(25-13-20(6,7)16(27)22-10)24-12-15-14(2)29-21(8,9)26(15)18(28)30-19(3,4)5;/h14-15H,11-13H2,1-10H3,(H,22,27)(H2,23,24,25);1H. The van der Waals surface area contributed by atoms with Crippen LogP contribution < -0.4 is 16.0 Å². The summed E-state index contributed by atoms with van der Waals surface area (Å²) in [4.78, 5) is 31.1. The number of carbonyl (C=O) groups is 2. The van der Waals surface area contributed by atoms with Crippen molar-refractivity contribution in [2.75, 3.05) is 26.7 Å². The van der Waals surface area contributed by atoms with Crippen LogP contribution in [0.15, 0.2) is 4.99 Å². The largest absolute Gasteiger partial charge is 0.444 e. The van der Waals surface area contributed by atoms with Gasteiger partial charge in [0.25, 0.3) is 0 Å². The van der Waals surface area contributed by atoms with Crippen molar-refractivity contribution in [3.05, 3.63) is 0 Å². The topological polar surface area (TPSA) is 104 Å². The first-order chi connectivity index (χ1) is 13.6. The van der Waals surface area contributed by atoms with Crippen molar-refractivity contribution in [3.63, 3.8) is 0 Å². The molecule has 0 saturated carbocycles. The van der Waals surface area contributed by atoms with E-state index in [-0.39, 0.29) is 42.0 Å². The Hall–Kier alpha value is -1.30. The van der Waals surface area contributed by atoms with E-state index >= 15 is 0 Å².